The molecule has 0 spiro atoms. The molecule has 0 saturated carbocycles. The van der Waals surface area contributed by atoms with Gasteiger partial charge in [-0.1, -0.05) is 11.6 Å². The molecule has 0 saturated heterocycles. The predicted octanol–water partition coefficient (Wildman–Crippen LogP) is 2.04. The Morgan fingerprint density at radius 3 is 2.88 bits per heavy atom. The first-order valence-electron chi connectivity index (χ1n) is 4.63. The third kappa shape index (κ3) is 2.54. The van der Waals surface area contributed by atoms with E-state index in [2.05, 4.69) is 15.5 Å². The molecule has 2 aromatic rings. The molecule has 5 nitrogen and oxygen atoms in total. The average molecular weight is 255 g/mol. The van der Waals surface area contributed by atoms with Crippen molar-refractivity contribution in [3.8, 4) is 0 Å². The van der Waals surface area contributed by atoms with Crippen LogP contribution >= 0.6 is 11.6 Å². The lowest BCUT2D eigenvalue weighted by atomic mass is 10.3. The Morgan fingerprint density at radius 1 is 1.47 bits per heavy atom. The van der Waals surface area contributed by atoms with E-state index in [1.165, 1.54) is 18.2 Å². The van der Waals surface area contributed by atoms with Gasteiger partial charge in [0.2, 0.25) is 0 Å². The monoisotopic (exact) mass is 254 g/mol. The maximum atomic E-state index is 13.0. The molecule has 0 atom stereocenters. The lowest BCUT2D eigenvalue weighted by Crippen LogP contribution is -2.12. The summed E-state index contributed by atoms with van der Waals surface area (Å²) in [5.41, 5.74) is 5.71. The molecular formula is C10H8ClFN4O. The average Bonchev–Trinajstić information content (AvgIpc) is 2.70. The number of aromatic amines is 1. The van der Waals surface area contributed by atoms with Crippen molar-refractivity contribution in [2.75, 3.05) is 11.1 Å². The predicted molar refractivity (Wildman–Crippen MR) is 62.4 cm³/mol. The maximum absolute atomic E-state index is 13.0. The van der Waals surface area contributed by atoms with Crippen LogP contribution in [0.5, 0.6) is 0 Å². The molecule has 1 heterocycles. The van der Waals surface area contributed by atoms with Gasteiger partial charge in [0.1, 0.15) is 17.3 Å². The summed E-state index contributed by atoms with van der Waals surface area (Å²) in [7, 11) is 0. The fourth-order valence-corrected chi connectivity index (χ4v) is 1.40. The highest BCUT2D eigenvalue weighted by Gasteiger charge is 2.11. The Kier molecular flexibility index (Phi) is 2.97. The summed E-state index contributed by atoms with van der Waals surface area (Å²) < 4.78 is 13.0. The molecule has 1 aromatic carbocycles. The smallest absolute Gasteiger partial charge is 0.273 e. The molecule has 1 amide bonds. The quantitative estimate of drug-likeness (QED) is 0.767. The number of amides is 1. The third-order valence-corrected chi connectivity index (χ3v) is 2.35. The molecule has 1 aromatic heterocycles. The molecule has 4 N–H and O–H groups in total. The van der Waals surface area contributed by atoms with Gasteiger partial charge in [0.15, 0.2) is 0 Å². The van der Waals surface area contributed by atoms with Gasteiger partial charge in [0.25, 0.3) is 5.91 Å². The number of benzene rings is 1. The van der Waals surface area contributed by atoms with E-state index in [-0.39, 0.29) is 22.2 Å². The highest BCUT2D eigenvalue weighted by atomic mass is 35.5. The number of H-pyrrole nitrogens is 1. The first-order chi connectivity index (χ1) is 8.06. The van der Waals surface area contributed by atoms with Gasteiger partial charge < -0.3 is 11.1 Å². The molecular weight excluding hydrogens is 247 g/mol. The number of nitrogens with two attached hydrogens (primary N) is 1. The van der Waals surface area contributed by atoms with Gasteiger partial charge in [0.05, 0.1) is 10.7 Å². The van der Waals surface area contributed by atoms with Gasteiger partial charge >= 0.3 is 0 Å². The number of nitrogens with one attached hydrogen (secondary N) is 2. The van der Waals surface area contributed by atoms with Crippen LogP contribution in [0, 0.1) is 5.82 Å². The Labute approximate surface area is 101 Å². The maximum Gasteiger partial charge on any atom is 0.273 e. The number of rotatable bonds is 2. The molecule has 88 valence electrons. The summed E-state index contributed by atoms with van der Waals surface area (Å²) in [6.45, 7) is 0. The summed E-state index contributed by atoms with van der Waals surface area (Å²) in [5, 5.41) is 8.73. The largest absolute Gasteiger partial charge is 0.382 e. The lowest BCUT2D eigenvalue weighted by molar-refractivity contribution is 0.102. The normalized spacial score (nSPS) is 10.2. The second-order valence-electron chi connectivity index (χ2n) is 3.28. The number of aromatic nitrogens is 2. The van der Waals surface area contributed by atoms with Crippen molar-refractivity contribution in [1.29, 1.82) is 0 Å². The molecule has 17 heavy (non-hydrogen) atoms. The van der Waals surface area contributed by atoms with E-state index in [9.17, 15) is 9.18 Å². The van der Waals surface area contributed by atoms with Gasteiger partial charge in [-0.25, -0.2) is 4.39 Å². The van der Waals surface area contributed by atoms with E-state index >= 15 is 0 Å². The van der Waals surface area contributed by atoms with Crippen LogP contribution in [0.1, 0.15) is 10.5 Å². The van der Waals surface area contributed by atoms with Crippen LogP contribution in [0.15, 0.2) is 24.3 Å². The van der Waals surface area contributed by atoms with Crippen molar-refractivity contribution < 1.29 is 9.18 Å². The number of nitrogen functional groups attached to an aromatic ring is 1. The molecule has 0 aliphatic rings. The van der Waals surface area contributed by atoms with E-state index in [1.54, 1.807) is 0 Å². The van der Waals surface area contributed by atoms with Crippen molar-refractivity contribution in [1.82, 2.24) is 10.2 Å². The fourth-order valence-electron chi connectivity index (χ4n) is 1.24. The molecule has 0 aliphatic heterocycles. The van der Waals surface area contributed by atoms with E-state index < -0.39 is 11.7 Å². The third-order valence-electron chi connectivity index (χ3n) is 2.02. The van der Waals surface area contributed by atoms with E-state index in [0.717, 1.165) is 6.07 Å². The Morgan fingerprint density at radius 2 is 2.24 bits per heavy atom. The van der Waals surface area contributed by atoms with E-state index in [0.29, 0.717) is 0 Å². The van der Waals surface area contributed by atoms with Gasteiger partial charge in [-0.2, -0.15) is 5.10 Å². The van der Waals surface area contributed by atoms with Crippen LogP contribution in [0.2, 0.25) is 5.02 Å². The van der Waals surface area contributed by atoms with Gasteiger partial charge in [0, 0.05) is 6.07 Å². The van der Waals surface area contributed by atoms with Crippen molar-refractivity contribution >= 4 is 29.0 Å². The summed E-state index contributed by atoms with van der Waals surface area (Å²) >= 11 is 5.80. The van der Waals surface area contributed by atoms with E-state index in [1.807, 2.05) is 0 Å². The highest BCUT2D eigenvalue weighted by molar-refractivity contribution is 6.33. The molecule has 0 aliphatic carbocycles. The molecule has 2 rings (SSSR count). The minimum Gasteiger partial charge on any atom is -0.382 e. The van der Waals surface area contributed by atoms with Crippen molar-refractivity contribution in [3.63, 3.8) is 0 Å². The van der Waals surface area contributed by atoms with Crippen LogP contribution in [-0.2, 0) is 0 Å². The molecule has 0 unspecified atom stereocenters. The molecule has 0 bridgehead atoms. The molecule has 0 radical (unpaired) electrons. The standard InChI is InChI=1S/C10H8ClFN4O/c11-6-2-1-5(12)3-7(6)14-10(17)8-4-9(13)16-15-8/h1-4H,(H,14,17)(H3,13,15,16). The van der Waals surface area contributed by atoms with E-state index in [4.69, 9.17) is 17.3 Å². The fraction of sp³-hybridized carbons (Fsp3) is 0. The zero-order chi connectivity index (χ0) is 12.4. The number of carbonyl (C=O) groups is 1. The summed E-state index contributed by atoms with van der Waals surface area (Å²) in [4.78, 5) is 11.7. The number of hydrogen-bond donors (Lipinski definition) is 3. The first kappa shape index (κ1) is 11.4. The van der Waals surface area contributed by atoms with Crippen LogP contribution < -0.4 is 11.1 Å². The van der Waals surface area contributed by atoms with Crippen LogP contribution in [-0.4, -0.2) is 16.1 Å². The highest BCUT2D eigenvalue weighted by Crippen LogP contribution is 2.22. The van der Waals surface area contributed by atoms with Crippen LogP contribution in [0.3, 0.4) is 0 Å². The first-order valence-corrected chi connectivity index (χ1v) is 5.01. The number of halogens is 2. The number of nitrogens with zero attached hydrogens (tertiary/aromatic N) is 1. The topological polar surface area (TPSA) is 83.8 Å². The van der Waals surface area contributed by atoms with Gasteiger partial charge in [-0.15, -0.1) is 0 Å². The number of hydrogen-bond acceptors (Lipinski definition) is 3. The zero-order valence-corrected chi connectivity index (χ0v) is 9.25. The Hall–Kier alpha value is -2.08. The van der Waals surface area contributed by atoms with Gasteiger partial charge in [-0.3, -0.25) is 9.89 Å². The number of carbonyl (C=O) groups excluding carboxylic acids is 1. The van der Waals surface area contributed by atoms with Crippen molar-refractivity contribution in [3.05, 3.63) is 40.8 Å². The van der Waals surface area contributed by atoms with Gasteiger partial charge in [-0.05, 0) is 18.2 Å². The second-order valence-corrected chi connectivity index (χ2v) is 3.69. The summed E-state index contributed by atoms with van der Waals surface area (Å²) in [5.74, 6) is -0.795. The minimum atomic E-state index is -0.498. The van der Waals surface area contributed by atoms with Crippen LogP contribution in [0.25, 0.3) is 0 Å². The van der Waals surface area contributed by atoms with Crippen molar-refractivity contribution in [2.45, 2.75) is 0 Å². The molecule has 7 heteroatoms. The lowest BCUT2D eigenvalue weighted by Gasteiger charge is -2.05. The second kappa shape index (κ2) is 4.42. The number of anilines is 2. The molecule has 0 fully saturated rings. The van der Waals surface area contributed by atoms with Crippen LogP contribution in [0.4, 0.5) is 15.9 Å². The summed E-state index contributed by atoms with van der Waals surface area (Å²) in [6.07, 6.45) is 0. The van der Waals surface area contributed by atoms with Crippen molar-refractivity contribution in [2.24, 2.45) is 0 Å². The minimum absolute atomic E-state index is 0.169. The SMILES string of the molecule is Nc1cc(C(=O)Nc2cc(F)ccc2Cl)[nH]n1. The Balaban J connectivity index is 2.21. The summed E-state index contributed by atoms with van der Waals surface area (Å²) in [6, 6.07) is 5.04. The Bertz CT molecular complexity index is 569. The zero-order valence-electron chi connectivity index (χ0n) is 8.50.